The zero-order valence-electron chi connectivity index (χ0n) is 47.4. The molecule has 2 saturated heterocycles. The standard InChI is InChI=1S/C31H24F5N5O2.C24H20F2IN5O.C7H6BF3O3/c1-18-29(24-7-2-3-8-37-24)40-26-15-20(32)14-23(33)28(26)30(18)39-25-16-27(41-9-11-42-12-10-41)38-17-22(25)19-5-4-6-21(13-19)43-31(34,35)36;1-14-23(18-4-2-3-5-28-18)31-20-11-15(25)10-16(26)22(20)24(14)30-19-12-21(29-13-17(19)27)32-6-8-33-9-7-32;9-7(10,11)14-6-3-1-2-5(4-6)8(12)13/h2-8,13-17H,9-12H2,1H3,(H,38,39,40);2-5,10-13H,6-9H2,1H3,(H,29,30,31);1-4,12-13H. The van der Waals surface area contributed by atoms with Crippen molar-refractivity contribution in [3.8, 4) is 45.4 Å². The Morgan fingerprint density at radius 3 is 1.49 bits per heavy atom. The van der Waals surface area contributed by atoms with E-state index in [9.17, 15) is 35.1 Å². The van der Waals surface area contributed by atoms with Gasteiger partial charge in [-0.15, -0.1) is 26.3 Å². The van der Waals surface area contributed by atoms with Crippen LogP contribution in [0.1, 0.15) is 11.1 Å². The number of fused-ring (bicyclic) bond motifs is 2. The third kappa shape index (κ3) is 15.7. The molecule has 0 saturated carbocycles. The minimum atomic E-state index is -4.88. The normalized spacial score (nSPS) is 13.5. The molecule has 16 nitrogen and oxygen atoms in total. The molecule has 0 radical (unpaired) electrons. The second-order valence-electron chi connectivity index (χ2n) is 20.0. The Hall–Kier alpha value is -8.97. The first kappa shape index (κ1) is 64.0. The first-order valence-electron chi connectivity index (χ1n) is 27.4. The van der Waals surface area contributed by atoms with Crippen LogP contribution in [0.2, 0.25) is 0 Å². The van der Waals surface area contributed by atoms with Crippen LogP contribution in [0.4, 0.5) is 78.3 Å². The van der Waals surface area contributed by atoms with Gasteiger partial charge in [0.2, 0.25) is 0 Å². The van der Waals surface area contributed by atoms with E-state index in [1.54, 1.807) is 55.8 Å². The van der Waals surface area contributed by atoms with E-state index in [0.717, 1.165) is 58.5 Å². The van der Waals surface area contributed by atoms with Gasteiger partial charge in [0.1, 0.15) is 46.4 Å². The molecule has 4 aromatic carbocycles. The third-order valence-corrected chi connectivity index (χ3v) is 14.9. The summed E-state index contributed by atoms with van der Waals surface area (Å²) in [4.78, 5) is 31.2. The fourth-order valence-corrected chi connectivity index (χ4v) is 10.3. The highest BCUT2D eigenvalue weighted by Crippen LogP contribution is 2.42. The van der Waals surface area contributed by atoms with E-state index < -0.39 is 54.6 Å². The summed E-state index contributed by atoms with van der Waals surface area (Å²) in [6.45, 7) is 8.56. The molecule has 0 amide bonds. The Morgan fingerprint density at radius 2 is 1.01 bits per heavy atom. The van der Waals surface area contributed by atoms with Gasteiger partial charge < -0.3 is 49.4 Å². The van der Waals surface area contributed by atoms with Crippen LogP contribution < -0.4 is 35.4 Å². The van der Waals surface area contributed by atoms with Gasteiger partial charge in [-0.25, -0.2) is 37.5 Å². The Balaban J connectivity index is 0.000000167. The zero-order chi connectivity index (χ0) is 63.9. The van der Waals surface area contributed by atoms with Crippen molar-refractivity contribution in [2.45, 2.75) is 26.6 Å². The van der Waals surface area contributed by atoms with Crippen molar-refractivity contribution >= 4 is 91.4 Å². The maximum atomic E-state index is 15.4. The van der Waals surface area contributed by atoms with E-state index in [0.29, 0.717) is 107 Å². The van der Waals surface area contributed by atoms with Gasteiger partial charge >= 0.3 is 19.8 Å². The van der Waals surface area contributed by atoms with Gasteiger partial charge in [-0.05, 0) is 96.0 Å². The minimum absolute atomic E-state index is 0.0448. The van der Waals surface area contributed by atoms with Crippen molar-refractivity contribution in [3.05, 3.63) is 184 Å². The van der Waals surface area contributed by atoms with Crippen molar-refractivity contribution in [2.75, 3.05) is 73.0 Å². The number of morpholine rings is 2. The van der Waals surface area contributed by atoms with E-state index in [1.807, 2.05) is 36.1 Å². The lowest BCUT2D eigenvalue weighted by Gasteiger charge is -2.28. The molecule has 28 heteroatoms. The molecule has 6 aromatic heterocycles. The first-order chi connectivity index (χ1) is 43.0. The number of aromatic nitrogens is 6. The SMILES string of the molecule is Cc1c(-c2ccccn2)nc2cc(F)cc(F)c2c1Nc1cc(N2CCOCC2)ncc1-c1cccc(OC(F)(F)F)c1.Cc1c(-c2ccccn2)nc2cc(F)cc(F)c2c1Nc1cc(N2CCOCC2)ncc1I.OB(O)c1cccc(OC(F)(F)F)c1. The number of anilines is 6. The highest BCUT2D eigenvalue weighted by atomic mass is 127. The third-order valence-electron chi connectivity index (χ3n) is 14.0. The summed E-state index contributed by atoms with van der Waals surface area (Å²) in [5, 5.41) is 24.3. The summed E-state index contributed by atoms with van der Waals surface area (Å²) < 4.78 is 153. The number of pyridine rings is 6. The van der Waals surface area contributed by atoms with E-state index in [4.69, 9.17) is 19.5 Å². The fourth-order valence-electron chi connectivity index (χ4n) is 9.86. The molecule has 0 spiro atoms. The number of nitrogens with zero attached hydrogens (tertiary/aromatic N) is 8. The molecule has 0 atom stereocenters. The van der Waals surface area contributed by atoms with Crippen molar-refractivity contribution in [3.63, 3.8) is 0 Å². The predicted octanol–water partition coefficient (Wildman–Crippen LogP) is 13.2. The second kappa shape index (κ2) is 27.8. The molecule has 0 aliphatic carbocycles. The average Bonchev–Trinajstić information content (AvgIpc) is 0.772. The monoisotopic (exact) mass is 1360 g/mol. The average molecular weight is 1360 g/mol. The van der Waals surface area contributed by atoms with Crippen LogP contribution in [-0.2, 0) is 9.47 Å². The van der Waals surface area contributed by atoms with E-state index in [1.165, 1.54) is 42.6 Å². The number of hydrogen-bond donors (Lipinski definition) is 4. The van der Waals surface area contributed by atoms with Crippen LogP contribution in [0.25, 0.3) is 55.7 Å². The largest absolute Gasteiger partial charge is 0.573 e. The van der Waals surface area contributed by atoms with Crippen molar-refractivity contribution in [1.82, 2.24) is 29.9 Å². The highest BCUT2D eigenvalue weighted by Gasteiger charge is 2.33. The zero-order valence-corrected chi connectivity index (χ0v) is 49.5. The highest BCUT2D eigenvalue weighted by molar-refractivity contribution is 14.1. The first-order valence-corrected chi connectivity index (χ1v) is 28.5. The van der Waals surface area contributed by atoms with Crippen molar-refractivity contribution in [2.24, 2.45) is 0 Å². The lowest BCUT2D eigenvalue weighted by Crippen LogP contribution is -2.36. The lowest BCUT2D eigenvalue weighted by atomic mass is 9.80. The van der Waals surface area contributed by atoms with Crippen LogP contribution in [0.5, 0.6) is 11.5 Å². The van der Waals surface area contributed by atoms with E-state index in [-0.39, 0.29) is 27.3 Å². The predicted molar refractivity (Wildman–Crippen MR) is 328 cm³/mol. The number of benzene rings is 4. The van der Waals surface area contributed by atoms with Crippen LogP contribution in [0.3, 0.4) is 0 Å². The summed E-state index contributed by atoms with van der Waals surface area (Å²) in [7, 11) is -1.81. The Bertz CT molecular complexity index is 4190. The van der Waals surface area contributed by atoms with Crippen LogP contribution in [0, 0.1) is 40.7 Å². The molecular formula is C62H50BF10IN10O6. The molecule has 4 N–H and O–H groups in total. The smallest absolute Gasteiger partial charge is 0.423 e. The summed E-state index contributed by atoms with van der Waals surface area (Å²) in [5.41, 5.74) is 6.38. The number of alkyl halides is 6. The molecular weight excluding hydrogens is 1310 g/mol. The Kier molecular flexibility index (Phi) is 19.8. The lowest BCUT2D eigenvalue weighted by molar-refractivity contribution is -0.275. The molecule has 8 heterocycles. The second-order valence-corrected chi connectivity index (χ2v) is 21.2. The molecule has 0 bridgehead atoms. The molecule has 90 heavy (non-hydrogen) atoms. The number of hydrogen-bond acceptors (Lipinski definition) is 16. The maximum Gasteiger partial charge on any atom is 0.573 e. The van der Waals surface area contributed by atoms with E-state index >= 15 is 8.78 Å². The fraction of sp³-hybridized carbons (Fsp3) is 0.194. The Morgan fingerprint density at radius 1 is 0.544 bits per heavy atom. The molecule has 0 unspecified atom stereocenters. The molecule has 2 aliphatic heterocycles. The van der Waals surface area contributed by atoms with Crippen LogP contribution in [-0.4, -0.2) is 112 Å². The van der Waals surface area contributed by atoms with Crippen molar-refractivity contribution in [1.29, 1.82) is 0 Å². The van der Waals surface area contributed by atoms with Gasteiger partial charge in [-0.1, -0.05) is 36.4 Å². The van der Waals surface area contributed by atoms with Gasteiger partial charge in [-0.2, -0.15) is 0 Å². The summed E-state index contributed by atoms with van der Waals surface area (Å²) in [5.74, 6) is -2.46. The summed E-state index contributed by atoms with van der Waals surface area (Å²) >= 11 is 2.19. The molecule has 2 aliphatic rings. The number of nitrogens with one attached hydrogen (secondary N) is 2. The minimum Gasteiger partial charge on any atom is -0.423 e. The molecule has 2 fully saturated rings. The number of rotatable bonds is 12. The van der Waals surface area contributed by atoms with Gasteiger partial charge in [0.25, 0.3) is 0 Å². The number of ether oxygens (including phenoxy) is 4. The van der Waals surface area contributed by atoms with E-state index in [2.05, 4.69) is 77.5 Å². The van der Waals surface area contributed by atoms with Gasteiger partial charge in [0.15, 0.2) is 0 Å². The van der Waals surface area contributed by atoms with Crippen LogP contribution >= 0.6 is 22.6 Å². The Labute approximate surface area is 520 Å². The van der Waals surface area contributed by atoms with Gasteiger partial charge in [0.05, 0.1) is 97.3 Å². The van der Waals surface area contributed by atoms with Gasteiger partial charge in [-0.3, -0.25) is 9.97 Å². The quantitative estimate of drug-likeness (QED) is 0.0514. The maximum absolute atomic E-state index is 15.4. The molecule has 12 rings (SSSR count). The topological polar surface area (TPSA) is 185 Å². The van der Waals surface area contributed by atoms with Crippen molar-refractivity contribution < 1.29 is 72.9 Å². The number of halogens is 11. The summed E-state index contributed by atoms with van der Waals surface area (Å²) in [6.07, 6.45) is -3.08. The molecule has 10 aromatic rings. The van der Waals surface area contributed by atoms with Gasteiger partial charge in [0, 0.05) is 104 Å². The van der Waals surface area contributed by atoms with Crippen LogP contribution in [0.15, 0.2) is 146 Å². The molecule has 464 valence electrons. The summed E-state index contributed by atoms with van der Waals surface area (Å²) in [6, 6.07) is 28.4.